The molecule has 2 aromatic heterocycles. The van der Waals surface area contributed by atoms with Gasteiger partial charge in [0, 0.05) is 7.05 Å². The van der Waals surface area contributed by atoms with Gasteiger partial charge in [-0.15, -0.1) is 10.2 Å². The highest BCUT2D eigenvalue weighted by Crippen LogP contribution is 2.14. The van der Waals surface area contributed by atoms with E-state index in [9.17, 15) is 4.79 Å². The molecule has 8 heteroatoms. The van der Waals surface area contributed by atoms with E-state index >= 15 is 0 Å². The molecule has 8 nitrogen and oxygen atoms in total. The summed E-state index contributed by atoms with van der Waals surface area (Å²) in [5, 5.41) is 10.7. The maximum atomic E-state index is 11.1. The Bertz CT molecular complexity index is 577. The zero-order chi connectivity index (χ0) is 13.1. The first kappa shape index (κ1) is 11.8. The van der Waals surface area contributed by atoms with Crippen LogP contribution in [0.15, 0.2) is 18.6 Å². The van der Waals surface area contributed by atoms with Crippen molar-refractivity contribution in [2.45, 2.75) is 6.54 Å². The van der Waals surface area contributed by atoms with Crippen LogP contribution >= 0.6 is 0 Å². The van der Waals surface area contributed by atoms with Gasteiger partial charge in [-0.2, -0.15) is 0 Å². The van der Waals surface area contributed by atoms with Crippen LogP contribution in [-0.4, -0.2) is 25.7 Å². The molecule has 0 atom stereocenters. The summed E-state index contributed by atoms with van der Waals surface area (Å²) < 4.78 is 1.78. The zero-order valence-electron chi connectivity index (χ0n) is 9.79. The molecule has 1 amide bonds. The second-order valence-corrected chi connectivity index (χ2v) is 3.73. The molecule has 0 aliphatic carbocycles. The third kappa shape index (κ3) is 2.37. The number of aromatic nitrogens is 4. The van der Waals surface area contributed by atoms with E-state index in [1.165, 1.54) is 12.3 Å². The third-order valence-corrected chi connectivity index (χ3v) is 2.43. The number of pyridine rings is 1. The monoisotopic (exact) mass is 247 g/mol. The van der Waals surface area contributed by atoms with Crippen molar-refractivity contribution in [1.82, 2.24) is 19.7 Å². The Morgan fingerprint density at radius 3 is 2.94 bits per heavy atom. The number of rotatable bonds is 4. The number of nitrogens with zero attached hydrogens (tertiary/aromatic N) is 4. The molecule has 94 valence electrons. The summed E-state index contributed by atoms with van der Waals surface area (Å²) in [5.74, 6) is 0.659. The number of hydrogen-bond donors (Lipinski definition) is 3. The van der Waals surface area contributed by atoms with E-state index in [2.05, 4.69) is 20.5 Å². The first-order chi connectivity index (χ1) is 8.58. The van der Waals surface area contributed by atoms with Gasteiger partial charge in [0.2, 0.25) is 0 Å². The van der Waals surface area contributed by atoms with E-state index in [4.69, 9.17) is 11.5 Å². The molecule has 0 saturated carbocycles. The van der Waals surface area contributed by atoms with Crippen LogP contribution in [0.5, 0.6) is 0 Å². The predicted molar refractivity (Wildman–Crippen MR) is 65.5 cm³/mol. The lowest BCUT2D eigenvalue weighted by Gasteiger charge is -2.07. The molecule has 0 radical (unpaired) electrons. The molecule has 2 heterocycles. The van der Waals surface area contributed by atoms with Gasteiger partial charge >= 0.3 is 0 Å². The number of primary amides is 1. The van der Waals surface area contributed by atoms with Crippen LogP contribution in [0.3, 0.4) is 0 Å². The van der Waals surface area contributed by atoms with Crippen molar-refractivity contribution in [3.63, 3.8) is 0 Å². The average Bonchev–Trinajstić information content (AvgIpc) is 2.73. The summed E-state index contributed by atoms with van der Waals surface area (Å²) in [6, 6.07) is 1.51. The number of carbonyl (C=O) groups is 1. The van der Waals surface area contributed by atoms with Gasteiger partial charge in [0.1, 0.15) is 12.1 Å². The molecule has 0 bridgehead atoms. The SMILES string of the molecule is Cn1cnnc1CNc1cc(C(N)=O)c(N)cn1. The fourth-order valence-electron chi connectivity index (χ4n) is 1.41. The Labute approximate surface area is 103 Å². The quantitative estimate of drug-likeness (QED) is 0.669. The molecule has 0 saturated heterocycles. The summed E-state index contributed by atoms with van der Waals surface area (Å²) in [4.78, 5) is 15.2. The van der Waals surface area contributed by atoms with Gasteiger partial charge in [-0.1, -0.05) is 0 Å². The Hall–Kier alpha value is -2.64. The minimum atomic E-state index is -0.586. The van der Waals surface area contributed by atoms with Gasteiger partial charge in [0.25, 0.3) is 5.91 Å². The van der Waals surface area contributed by atoms with Gasteiger partial charge in [0.15, 0.2) is 5.82 Å². The fourth-order valence-corrected chi connectivity index (χ4v) is 1.41. The third-order valence-electron chi connectivity index (χ3n) is 2.43. The molecule has 18 heavy (non-hydrogen) atoms. The summed E-state index contributed by atoms with van der Waals surface area (Å²) in [6.45, 7) is 0.436. The minimum absolute atomic E-state index is 0.241. The molecule has 0 aliphatic rings. The fraction of sp³-hybridized carbons (Fsp3) is 0.200. The number of hydrogen-bond acceptors (Lipinski definition) is 6. The van der Waals surface area contributed by atoms with E-state index < -0.39 is 5.91 Å². The largest absolute Gasteiger partial charge is 0.397 e. The van der Waals surface area contributed by atoms with E-state index in [0.717, 1.165) is 5.82 Å². The molecular formula is C10H13N7O. The van der Waals surface area contributed by atoms with Crippen LogP contribution < -0.4 is 16.8 Å². The van der Waals surface area contributed by atoms with Crippen molar-refractivity contribution in [3.05, 3.63) is 30.0 Å². The van der Waals surface area contributed by atoms with Crippen molar-refractivity contribution in [2.75, 3.05) is 11.1 Å². The Morgan fingerprint density at radius 2 is 2.33 bits per heavy atom. The summed E-state index contributed by atoms with van der Waals surface area (Å²) in [6.07, 6.45) is 2.99. The molecule has 0 fully saturated rings. The van der Waals surface area contributed by atoms with Crippen molar-refractivity contribution in [2.24, 2.45) is 12.8 Å². The number of amides is 1. The number of nitrogens with two attached hydrogens (primary N) is 2. The van der Waals surface area contributed by atoms with Crippen LogP contribution in [0, 0.1) is 0 Å². The second-order valence-electron chi connectivity index (χ2n) is 3.73. The number of nitrogens with one attached hydrogen (secondary N) is 1. The van der Waals surface area contributed by atoms with Gasteiger partial charge in [0.05, 0.1) is 24.0 Å². The van der Waals surface area contributed by atoms with Crippen LogP contribution in [0.25, 0.3) is 0 Å². The molecule has 0 aliphatic heterocycles. The maximum Gasteiger partial charge on any atom is 0.250 e. The topological polar surface area (TPSA) is 125 Å². The van der Waals surface area contributed by atoms with Crippen molar-refractivity contribution in [1.29, 1.82) is 0 Å². The van der Waals surface area contributed by atoms with Crippen LogP contribution in [0.4, 0.5) is 11.5 Å². The highest BCUT2D eigenvalue weighted by molar-refractivity contribution is 5.98. The van der Waals surface area contributed by atoms with Gasteiger partial charge < -0.3 is 21.4 Å². The van der Waals surface area contributed by atoms with Gasteiger partial charge in [-0.25, -0.2) is 4.98 Å². The molecule has 0 unspecified atom stereocenters. The first-order valence-corrected chi connectivity index (χ1v) is 5.20. The van der Waals surface area contributed by atoms with Gasteiger partial charge in [-0.3, -0.25) is 4.79 Å². The lowest BCUT2D eigenvalue weighted by atomic mass is 10.2. The van der Waals surface area contributed by atoms with E-state index in [0.29, 0.717) is 12.4 Å². The molecule has 5 N–H and O–H groups in total. The standard InChI is InChI=1S/C10H13N7O/c1-17-5-15-16-9(17)4-14-8-2-6(10(12)18)7(11)3-13-8/h2-3,5H,4,11H2,1H3,(H2,12,18)(H,13,14). The van der Waals surface area contributed by atoms with Crippen molar-refractivity contribution < 1.29 is 4.79 Å². The van der Waals surface area contributed by atoms with Crippen molar-refractivity contribution >= 4 is 17.4 Å². The number of anilines is 2. The minimum Gasteiger partial charge on any atom is -0.397 e. The number of aryl methyl sites for hydroxylation is 1. The van der Waals surface area contributed by atoms with E-state index in [-0.39, 0.29) is 11.3 Å². The predicted octanol–water partition coefficient (Wildman–Crippen LogP) is -0.497. The zero-order valence-corrected chi connectivity index (χ0v) is 9.79. The van der Waals surface area contributed by atoms with Crippen LogP contribution in [-0.2, 0) is 13.6 Å². The second kappa shape index (κ2) is 4.70. The number of carbonyl (C=O) groups excluding carboxylic acids is 1. The van der Waals surface area contributed by atoms with Crippen LogP contribution in [0.1, 0.15) is 16.2 Å². The smallest absolute Gasteiger partial charge is 0.250 e. The molecule has 2 rings (SSSR count). The summed E-state index contributed by atoms with van der Waals surface area (Å²) in [5.41, 5.74) is 11.3. The lowest BCUT2D eigenvalue weighted by Crippen LogP contribution is -2.15. The molecule has 0 spiro atoms. The molecule has 2 aromatic rings. The average molecular weight is 247 g/mol. The van der Waals surface area contributed by atoms with E-state index in [1.807, 2.05) is 7.05 Å². The molecule has 0 aromatic carbocycles. The van der Waals surface area contributed by atoms with E-state index in [1.54, 1.807) is 10.9 Å². The van der Waals surface area contributed by atoms with Crippen molar-refractivity contribution in [3.8, 4) is 0 Å². The highest BCUT2D eigenvalue weighted by Gasteiger charge is 2.08. The summed E-state index contributed by atoms with van der Waals surface area (Å²) >= 11 is 0. The Balaban J connectivity index is 2.13. The van der Waals surface area contributed by atoms with Gasteiger partial charge in [-0.05, 0) is 6.07 Å². The van der Waals surface area contributed by atoms with Crippen LogP contribution in [0.2, 0.25) is 0 Å². The Kier molecular flexibility index (Phi) is 3.09. The number of nitrogen functional groups attached to an aromatic ring is 1. The normalized spacial score (nSPS) is 10.3. The molecular weight excluding hydrogens is 234 g/mol. The summed E-state index contributed by atoms with van der Waals surface area (Å²) in [7, 11) is 1.84. The highest BCUT2D eigenvalue weighted by atomic mass is 16.1. The first-order valence-electron chi connectivity index (χ1n) is 5.20. The maximum absolute atomic E-state index is 11.1. The lowest BCUT2D eigenvalue weighted by molar-refractivity contribution is 0.100. The Morgan fingerprint density at radius 1 is 1.56 bits per heavy atom.